The van der Waals surface area contributed by atoms with E-state index in [1.807, 2.05) is 0 Å². The van der Waals surface area contributed by atoms with Crippen LogP contribution < -0.4 is 10.5 Å². The Morgan fingerprint density at radius 1 is 1.30 bits per heavy atom. The van der Waals surface area contributed by atoms with Crippen LogP contribution in [0.15, 0.2) is 20.0 Å². The van der Waals surface area contributed by atoms with Crippen LogP contribution in [0.25, 0.3) is 0 Å². The molecule has 1 aromatic heterocycles. The number of rotatable bonds is 7. The zero-order chi connectivity index (χ0) is 25.2. The van der Waals surface area contributed by atoms with Crippen molar-refractivity contribution >= 4 is 50.8 Å². The fourth-order valence-corrected chi connectivity index (χ4v) is 11.3. The van der Waals surface area contributed by atoms with Gasteiger partial charge in [0.25, 0.3) is 0 Å². The van der Waals surface area contributed by atoms with E-state index in [4.69, 9.17) is 0 Å². The smallest absolute Gasteiger partial charge is 0.410 e. The number of amides is 1. The van der Waals surface area contributed by atoms with E-state index in [0.29, 0.717) is 9.79 Å². The molecule has 3 N–H and O–H groups in total. The predicted octanol–water partition coefficient (Wildman–Crippen LogP) is 3.83. The van der Waals surface area contributed by atoms with Gasteiger partial charge in [0.15, 0.2) is 0 Å². The van der Waals surface area contributed by atoms with Gasteiger partial charge in [-0.3, -0.25) is 10.3 Å². The van der Waals surface area contributed by atoms with E-state index >= 15 is 4.39 Å². The average Bonchev–Trinajstić information content (AvgIpc) is 2.74. The Kier molecular flexibility index (Phi) is 8.52. The minimum absolute atomic E-state index is 0.0196. The number of aliphatic hydroxyl groups excluding tert-OH is 1. The minimum atomic E-state index is -3.18. The standard InChI is InChI=1S/C21H34BrFN4O4SSi/c1-7-33(8-2,9-3)14-12-15(22)25-17(16(14)23)21(6)13-32(31,24-10-11-28)20(4,5)18(27-21)26-19(29)30/h12,28H,7-11,13H2,1-6H3,(H,26,27)(H,29,30)/t21-,32?/m0/s1. The van der Waals surface area contributed by atoms with Crippen LogP contribution in [-0.2, 0) is 15.3 Å². The van der Waals surface area contributed by atoms with Crippen LogP contribution in [0.4, 0.5) is 9.18 Å². The fraction of sp³-hybridized carbons (Fsp3) is 0.667. The van der Waals surface area contributed by atoms with Gasteiger partial charge in [0.05, 0.1) is 36.7 Å². The van der Waals surface area contributed by atoms with Gasteiger partial charge in [-0.2, -0.15) is 0 Å². The van der Waals surface area contributed by atoms with Crippen molar-refractivity contribution in [1.29, 1.82) is 0 Å². The molecule has 0 saturated heterocycles. The molecule has 0 aromatic carbocycles. The number of nitrogens with zero attached hydrogens (tertiary/aromatic N) is 3. The highest BCUT2D eigenvalue weighted by atomic mass is 79.9. The zero-order valence-corrected chi connectivity index (χ0v) is 23.4. The van der Waals surface area contributed by atoms with Crippen molar-refractivity contribution in [2.75, 3.05) is 18.9 Å². The van der Waals surface area contributed by atoms with Gasteiger partial charge in [0.1, 0.15) is 32.2 Å². The number of halogens is 2. The number of carbonyl (C=O) groups is 1. The molecule has 186 valence electrons. The summed E-state index contributed by atoms with van der Waals surface area (Å²) in [6.45, 7) is 10.6. The van der Waals surface area contributed by atoms with Crippen LogP contribution in [0.1, 0.15) is 47.2 Å². The molecule has 2 heterocycles. The molecule has 33 heavy (non-hydrogen) atoms. The molecule has 1 aliphatic heterocycles. The Hall–Kier alpha value is -1.37. The van der Waals surface area contributed by atoms with Crippen LogP contribution in [0.3, 0.4) is 0 Å². The first-order valence-corrected chi connectivity index (χ1v) is 16.1. The third-order valence-corrected chi connectivity index (χ3v) is 16.2. The molecule has 0 fully saturated rings. The van der Waals surface area contributed by atoms with Crippen molar-refractivity contribution < 1.29 is 23.6 Å². The predicted molar refractivity (Wildman–Crippen MR) is 136 cm³/mol. The lowest BCUT2D eigenvalue weighted by Crippen LogP contribution is -2.58. The van der Waals surface area contributed by atoms with Gasteiger partial charge >= 0.3 is 6.09 Å². The first-order chi connectivity index (χ1) is 15.3. The van der Waals surface area contributed by atoms with Crippen LogP contribution >= 0.6 is 15.9 Å². The zero-order valence-electron chi connectivity index (χ0n) is 20.0. The van der Waals surface area contributed by atoms with E-state index < -0.39 is 40.0 Å². The van der Waals surface area contributed by atoms with Crippen LogP contribution in [0.5, 0.6) is 0 Å². The Labute approximate surface area is 204 Å². The second-order valence-corrected chi connectivity index (χ2v) is 17.9. The molecule has 8 nitrogen and oxygen atoms in total. The summed E-state index contributed by atoms with van der Waals surface area (Å²) in [7, 11) is -5.33. The molecule has 0 saturated carbocycles. The Morgan fingerprint density at radius 3 is 2.36 bits per heavy atom. The molecule has 12 heteroatoms. The van der Waals surface area contributed by atoms with Crippen molar-refractivity contribution in [1.82, 2.24) is 10.3 Å². The summed E-state index contributed by atoms with van der Waals surface area (Å²) in [6.07, 6.45) is -1.37. The van der Waals surface area contributed by atoms with Gasteiger partial charge in [0, 0.05) is 0 Å². The number of amidine groups is 1. The molecule has 2 atom stereocenters. The van der Waals surface area contributed by atoms with Gasteiger partial charge in [-0.1, -0.05) is 38.9 Å². The quantitative estimate of drug-likeness (QED) is 0.343. The summed E-state index contributed by atoms with van der Waals surface area (Å²) >= 11 is 3.42. The monoisotopic (exact) mass is 564 g/mol. The number of aliphatic hydroxyl groups is 1. The average molecular weight is 566 g/mol. The molecular formula is C21H34BrFN4O4SSi. The Bertz CT molecular complexity index is 1060. The summed E-state index contributed by atoms with van der Waals surface area (Å²) < 4.78 is 33.7. The highest BCUT2D eigenvalue weighted by molar-refractivity contribution is 9.10. The number of hydrogen-bond acceptors (Lipinski definition) is 6. The topological polar surface area (TPSA) is 124 Å². The first kappa shape index (κ1) is 27.9. The maximum Gasteiger partial charge on any atom is 0.410 e. The lowest BCUT2D eigenvalue weighted by Gasteiger charge is -2.41. The van der Waals surface area contributed by atoms with Gasteiger partial charge in [0.2, 0.25) is 0 Å². The summed E-state index contributed by atoms with van der Waals surface area (Å²) in [5.74, 6) is -0.695. The number of carboxylic acid groups (broad SMARTS) is 1. The number of nitrogens with one attached hydrogen (secondary N) is 1. The molecular weight excluding hydrogens is 531 g/mol. The molecule has 0 bridgehead atoms. The lowest BCUT2D eigenvalue weighted by atomic mass is 9.98. The third kappa shape index (κ3) is 5.03. The Balaban J connectivity index is 2.89. The lowest BCUT2D eigenvalue weighted by molar-refractivity contribution is 0.199. The van der Waals surface area contributed by atoms with Gasteiger partial charge in [-0.25, -0.2) is 22.7 Å². The van der Waals surface area contributed by atoms with Crippen molar-refractivity contribution in [3.05, 3.63) is 22.2 Å². The minimum Gasteiger partial charge on any atom is -0.465 e. The SMILES string of the molecule is CC[Si](CC)(CC)c1cc(Br)nc([C@]2(C)CS(=O)(=NCCO)C(C)(C)C(NC(=O)O)=N2)c1F. The fourth-order valence-electron chi connectivity index (χ4n) is 4.48. The first-order valence-electron chi connectivity index (χ1n) is 11.0. The van der Waals surface area contributed by atoms with Gasteiger partial charge in [-0.05, 0) is 48.0 Å². The van der Waals surface area contributed by atoms with Crippen LogP contribution in [-0.4, -0.2) is 63.1 Å². The molecule has 1 aromatic rings. The van der Waals surface area contributed by atoms with Crippen molar-refractivity contribution in [2.24, 2.45) is 9.36 Å². The van der Waals surface area contributed by atoms with Crippen molar-refractivity contribution in [2.45, 2.75) is 70.0 Å². The van der Waals surface area contributed by atoms with E-state index in [-0.39, 0.29) is 30.4 Å². The summed E-state index contributed by atoms with van der Waals surface area (Å²) in [5, 5.41) is 21.6. The van der Waals surface area contributed by atoms with E-state index in [9.17, 15) is 19.2 Å². The van der Waals surface area contributed by atoms with Crippen LogP contribution in [0.2, 0.25) is 18.1 Å². The van der Waals surface area contributed by atoms with E-state index in [1.165, 1.54) is 0 Å². The normalized spacial score (nSPS) is 24.8. The maximum absolute atomic E-state index is 16.2. The second-order valence-electron chi connectivity index (χ2n) is 9.03. The molecule has 1 amide bonds. The highest BCUT2D eigenvalue weighted by Gasteiger charge is 2.51. The maximum atomic E-state index is 16.2. The van der Waals surface area contributed by atoms with Crippen LogP contribution in [0, 0.1) is 5.82 Å². The molecule has 2 rings (SSSR count). The molecule has 0 spiro atoms. The third-order valence-electron chi connectivity index (χ3n) is 6.87. The second kappa shape index (κ2) is 10.1. The molecule has 0 radical (unpaired) electrons. The van der Waals surface area contributed by atoms with E-state index in [2.05, 4.69) is 56.4 Å². The van der Waals surface area contributed by atoms with Crippen molar-refractivity contribution in [3.8, 4) is 0 Å². The van der Waals surface area contributed by atoms with Gasteiger partial charge < -0.3 is 10.2 Å². The number of aliphatic imine (C=N–C) groups is 1. The van der Waals surface area contributed by atoms with Crippen molar-refractivity contribution in [3.63, 3.8) is 0 Å². The molecule has 1 unspecified atom stereocenters. The van der Waals surface area contributed by atoms with Gasteiger partial charge in [-0.15, -0.1) is 0 Å². The summed E-state index contributed by atoms with van der Waals surface area (Å²) in [5.41, 5.74) is -1.41. The highest BCUT2D eigenvalue weighted by Crippen LogP contribution is 2.39. The number of aromatic nitrogens is 1. The van der Waals surface area contributed by atoms with E-state index in [0.717, 1.165) is 18.1 Å². The summed E-state index contributed by atoms with van der Waals surface area (Å²) in [4.78, 5) is 20.5. The Morgan fingerprint density at radius 2 is 1.88 bits per heavy atom. The largest absolute Gasteiger partial charge is 0.465 e. The number of hydrogen-bond donors (Lipinski definition) is 3. The number of pyridine rings is 1. The van der Waals surface area contributed by atoms with E-state index in [1.54, 1.807) is 26.8 Å². The molecule has 1 aliphatic rings. The summed E-state index contributed by atoms with van der Waals surface area (Å²) in [6, 6.07) is 4.31. The molecule has 0 aliphatic carbocycles.